The number of rotatable bonds is 2. The number of hydrogen-bond donors (Lipinski definition) is 1. The maximum Gasteiger partial charge on any atom is 0.356 e. The van der Waals surface area contributed by atoms with Gasteiger partial charge in [-0.3, -0.25) is 0 Å². The molecule has 1 aromatic heterocycles. The smallest absolute Gasteiger partial charge is 0.356 e. The van der Waals surface area contributed by atoms with Crippen LogP contribution in [0.2, 0.25) is 0 Å². The fourth-order valence-corrected chi connectivity index (χ4v) is 3.61. The summed E-state index contributed by atoms with van der Waals surface area (Å²) in [7, 11) is 0. The quantitative estimate of drug-likeness (QED) is 0.898. The number of nitrogens with zero attached hydrogens (tertiary/aromatic N) is 2. The van der Waals surface area contributed by atoms with Gasteiger partial charge in [0, 0.05) is 15.7 Å². The minimum Gasteiger partial charge on any atom is -0.476 e. The van der Waals surface area contributed by atoms with E-state index in [1.54, 1.807) is 0 Å². The van der Waals surface area contributed by atoms with E-state index in [9.17, 15) is 9.90 Å². The van der Waals surface area contributed by atoms with Crippen LogP contribution in [0, 0.1) is 12.8 Å². The molecular formula is C16H17BrN2O2. The molecule has 0 saturated carbocycles. The summed E-state index contributed by atoms with van der Waals surface area (Å²) in [4.78, 5) is 11.5. The molecule has 0 radical (unpaired) electrons. The van der Waals surface area contributed by atoms with Gasteiger partial charge in [-0.05, 0) is 55.9 Å². The molecule has 1 heterocycles. The Kier molecular flexibility index (Phi) is 3.61. The number of carbonyl (C=O) groups is 1. The summed E-state index contributed by atoms with van der Waals surface area (Å²) in [5, 5.41) is 13.8. The predicted octanol–water partition coefficient (Wildman–Crippen LogP) is 3.77. The van der Waals surface area contributed by atoms with Crippen molar-refractivity contribution in [2.24, 2.45) is 5.92 Å². The van der Waals surface area contributed by atoms with Crippen LogP contribution in [0.5, 0.6) is 0 Å². The van der Waals surface area contributed by atoms with Crippen molar-refractivity contribution in [2.75, 3.05) is 0 Å². The van der Waals surface area contributed by atoms with Crippen LogP contribution in [0.1, 0.15) is 40.7 Å². The molecule has 21 heavy (non-hydrogen) atoms. The molecule has 0 bridgehead atoms. The third-order valence-electron chi connectivity index (χ3n) is 3.99. The van der Waals surface area contributed by atoms with Crippen LogP contribution in [0.4, 0.5) is 0 Å². The molecule has 1 aliphatic rings. The minimum absolute atomic E-state index is 0.203. The zero-order valence-electron chi connectivity index (χ0n) is 12.1. The Bertz CT molecular complexity index is 701. The maximum absolute atomic E-state index is 11.5. The fourth-order valence-electron chi connectivity index (χ4n) is 3.01. The summed E-state index contributed by atoms with van der Waals surface area (Å²) in [6.45, 7) is 4.18. The average molecular weight is 349 g/mol. The second-order valence-electron chi connectivity index (χ2n) is 5.83. The van der Waals surface area contributed by atoms with Crippen LogP contribution < -0.4 is 0 Å². The van der Waals surface area contributed by atoms with Gasteiger partial charge in [-0.2, -0.15) is 5.10 Å². The zero-order valence-corrected chi connectivity index (χ0v) is 13.6. The highest BCUT2D eigenvalue weighted by Gasteiger charge is 2.27. The van der Waals surface area contributed by atoms with Crippen molar-refractivity contribution in [1.29, 1.82) is 0 Å². The molecule has 3 rings (SSSR count). The largest absolute Gasteiger partial charge is 0.476 e. The van der Waals surface area contributed by atoms with Crippen molar-refractivity contribution >= 4 is 21.9 Å². The van der Waals surface area contributed by atoms with Gasteiger partial charge in [0.25, 0.3) is 0 Å². The molecule has 0 aliphatic heterocycles. The molecule has 0 saturated heterocycles. The normalized spacial score (nSPS) is 17.6. The lowest BCUT2D eigenvalue weighted by Crippen LogP contribution is -2.14. The fraction of sp³-hybridized carbons (Fsp3) is 0.375. The highest BCUT2D eigenvalue weighted by Crippen LogP contribution is 2.30. The Morgan fingerprint density at radius 2 is 2.19 bits per heavy atom. The monoisotopic (exact) mass is 348 g/mol. The molecule has 0 fully saturated rings. The summed E-state index contributed by atoms with van der Waals surface area (Å²) in [6, 6.07) is 6.03. The number of aromatic carboxylic acids is 1. The summed E-state index contributed by atoms with van der Waals surface area (Å²) in [5.41, 5.74) is 4.18. The molecule has 1 aliphatic carbocycles. The lowest BCUT2D eigenvalue weighted by atomic mass is 9.87. The number of carboxylic acid groups (broad SMARTS) is 1. The summed E-state index contributed by atoms with van der Waals surface area (Å²) in [6.07, 6.45) is 2.75. The molecule has 4 nitrogen and oxygen atoms in total. The van der Waals surface area contributed by atoms with Crippen molar-refractivity contribution in [3.63, 3.8) is 0 Å². The summed E-state index contributed by atoms with van der Waals surface area (Å²) >= 11 is 3.49. The van der Waals surface area contributed by atoms with E-state index in [4.69, 9.17) is 0 Å². The number of fused-ring (bicyclic) bond motifs is 1. The van der Waals surface area contributed by atoms with Gasteiger partial charge in [-0.25, -0.2) is 9.48 Å². The van der Waals surface area contributed by atoms with Gasteiger partial charge < -0.3 is 5.11 Å². The van der Waals surface area contributed by atoms with E-state index in [2.05, 4.69) is 28.0 Å². The Morgan fingerprint density at radius 3 is 2.86 bits per heavy atom. The van der Waals surface area contributed by atoms with E-state index in [1.165, 1.54) is 0 Å². The van der Waals surface area contributed by atoms with Gasteiger partial charge in [0.2, 0.25) is 0 Å². The number of carboxylic acids is 1. The molecule has 1 unspecified atom stereocenters. The van der Waals surface area contributed by atoms with Crippen LogP contribution in [0.3, 0.4) is 0 Å². The molecule has 1 atom stereocenters. The number of aromatic nitrogens is 2. The first kappa shape index (κ1) is 14.3. The molecule has 1 aromatic carbocycles. The highest BCUT2D eigenvalue weighted by atomic mass is 79.9. The van der Waals surface area contributed by atoms with Gasteiger partial charge in [-0.1, -0.05) is 22.9 Å². The predicted molar refractivity (Wildman–Crippen MR) is 84.1 cm³/mol. The van der Waals surface area contributed by atoms with Gasteiger partial charge in [0.15, 0.2) is 5.69 Å². The van der Waals surface area contributed by atoms with Gasteiger partial charge >= 0.3 is 5.97 Å². The number of benzene rings is 1. The molecule has 1 N–H and O–H groups in total. The Hall–Kier alpha value is -1.62. The molecule has 5 heteroatoms. The van der Waals surface area contributed by atoms with Crippen molar-refractivity contribution in [1.82, 2.24) is 9.78 Å². The first-order valence-corrected chi connectivity index (χ1v) is 7.86. The van der Waals surface area contributed by atoms with Gasteiger partial charge in [-0.15, -0.1) is 0 Å². The van der Waals surface area contributed by atoms with Crippen LogP contribution in [0.25, 0.3) is 5.69 Å². The van der Waals surface area contributed by atoms with E-state index in [-0.39, 0.29) is 5.69 Å². The van der Waals surface area contributed by atoms with E-state index in [1.807, 2.05) is 29.8 Å². The van der Waals surface area contributed by atoms with Crippen molar-refractivity contribution in [3.05, 3.63) is 45.2 Å². The molecule has 0 amide bonds. The van der Waals surface area contributed by atoms with Crippen LogP contribution in [-0.4, -0.2) is 20.9 Å². The third kappa shape index (κ3) is 2.62. The first-order valence-electron chi connectivity index (χ1n) is 7.07. The topological polar surface area (TPSA) is 55.1 Å². The lowest BCUT2D eigenvalue weighted by Gasteiger charge is -2.19. The van der Waals surface area contributed by atoms with Gasteiger partial charge in [0.1, 0.15) is 0 Å². The second-order valence-corrected chi connectivity index (χ2v) is 6.74. The molecule has 0 spiro atoms. The minimum atomic E-state index is -0.939. The number of halogens is 1. The second kappa shape index (κ2) is 5.30. The Balaban J connectivity index is 2.19. The highest BCUT2D eigenvalue weighted by molar-refractivity contribution is 9.10. The zero-order chi connectivity index (χ0) is 15.1. The van der Waals surface area contributed by atoms with E-state index in [0.29, 0.717) is 5.92 Å². The molecule has 110 valence electrons. The van der Waals surface area contributed by atoms with Gasteiger partial charge in [0.05, 0.1) is 5.69 Å². The standard InChI is InChI=1S/C16H17BrN2O2/c1-9-3-4-14-13(7-9)15(16(20)21)18-19(14)12-6-10(2)5-11(17)8-12/h5-6,8-9H,3-4,7H2,1-2H3,(H,20,21). The third-order valence-corrected chi connectivity index (χ3v) is 4.45. The van der Waals surface area contributed by atoms with Crippen molar-refractivity contribution < 1.29 is 9.90 Å². The molecule has 2 aromatic rings. The Labute approximate surface area is 131 Å². The van der Waals surface area contributed by atoms with Crippen LogP contribution >= 0.6 is 15.9 Å². The molecular weight excluding hydrogens is 332 g/mol. The number of hydrogen-bond acceptors (Lipinski definition) is 2. The first-order chi connectivity index (χ1) is 9.95. The lowest BCUT2D eigenvalue weighted by molar-refractivity contribution is 0.0688. The summed E-state index contributed by atoms with van der Waals surface area (Å²) in [5.74, 6) is -0.427. The summed E-state index contributed by atoms with van der Waals surface area (Å²) < 4.78 is 2.78. The van der Waals surface area contributed by atoms with Crippen molar-refractivity contribution in [2.45, 2.75) is 33.1 Å². The maximum atomic E-state index is 11.5. The van der Waals surface area contributed by atoms with Crippen LogP contribution in [-0.2, 0) is 12.8 Å². The van der Waals surface area contributed by atoms with E-state index < -0.39 is 5.97 Å². The average Bonchev–Trinajstić information content (AvgIpc) is 2.76. The van der Waals surface area contributed by atoms with Crippen LogP contribution in [0.15, 0.2) is 22.7 Å². The van der Waals surface area contributed by atoms with E-state index in [0.717, 1.165) is 46.2 Å². The number of aryl methyl sites for hydroxylation is 1. The van der Waals surface area contributed by atoms with Crippen molar-refractivity contribution in [3.8, 4) is 5.69 Å². The Morgan fingerprint density at radius 1 is 1.43 bits per heavy atom. The SMILES string of the molecule is Cc1cc(Br)cc(-n2nc(C(=O)O)c3c2CCC(C)C3)c1. The van der Waals surface area contributed by atoms with E-state index >= 15 is 0 Å².